The molecular weight excluding hydrogens is 534 g/mol. The van der Waals surface area contributed by atoms with Gasteiger partial charge in [0.15, 0.2) is 11.5 Å². The molecule has 0 saturated carbocycles. The van der Waals surface area contributed by atoms with Crippen molar-refractivity contribution in [2.24, 2.45) is 5.10 Å². The largest absolute Gasteiger partial charge is 0.493 e. The lowest BCUT2D eigenvalue weighted by Gasteiger charge is -2.22. The predicted molar refractivity (Wildman–Crippen MR) is 163 cm³/mol. The van der Waals surface area contributed by atoms with Crippen molar-refractivity contribution >= 4 is 18.2 Å². The van der Waals surface area contributed by atoms with Crippen molar-refractivity contribution in [2.45, 2.75) is 66.4 Å². The summed E-state index contributed by atoms with van der Waals surface area (Å²) in [5.74, 6) is 0.572. The molecule has 0 aliphatic heterocycles. The Morgan fingerprint density at radius 3 is 2.26 bits per heavy atom. The number of rotatable bonds is 12. The van der Waals surface area contributed by atoms with Gasteiger partial charge < -0.3 is 24.3 Å². The lowest BCUT2D eigenvalue weighted by Crippen LogP contribution is -2.49. The Labute approximate surface area is 248 Å². The average molecular weight is 576 g/mol. The second kappa shape index (κ2) is 15.0. The van der Waals surface area contributed by atoms with Crippen LogP contribution in [-0.4, -0.2) is 43.6 Å². The molecular formula is C33H41N3O6. The number of nitrogens with zero attached hydrogens (tertiary/aromatic N) is 1. The third-order valence-corrected chi connectivity index (χ3v) is 6.19. The molecule has 0 aliphatic carbocycles. The monoisotopic (exact) mass is 575 g/mol. The Kier molecular flexibility index (Phi) is 11.5. The number of carbonyl (C=O) groups excluding carboxylic acids is 2. The molecule has 2 amide bonds. The number of hydrogen-bond acceptors (Lipinski definition) is 7. The number of nitrogens with one attached hydrogen (secondary N) is 2. The van der Waals surface area contributed by atoms with Gasteiger partial charge in [0, 0.05) is 0 Å². The number of carbonyl (C=O) groups is 2. The zero-order valence-corrected chi connectivity index (χ0v) is 25.4. The Hall–Kier alpha value is -4.37. The van der Waals surface area contributed by atoms with E-state index >= 15 is 0 Å². The first-order valence-corrected chi connectivity index (χ1v) is 13.8. The maximum atomic E-state index is 12.9. The maximum absolute atomic E-state index is 12.9. The zero-order valence-electron chi connectivity index (χ0n) is 25.4. The van der Waals surface area contributed by atoms with Gasteiger partial charge in [-0.25, -0.2) is 10.2 Å². The van der Waals surface area contributed by atoms with Gasteiger partial charge in [-0.1, -0.05) is 48.0 Å². The topological polar surface area (TPSA) is 107 Å². The highest BCUT2D eigenvalue weighted by Crippen LogP contribution is 2.29. The molecule has 3 aromatic carbocycles. The van der Waals surface area contributed by atoms with Crippen LogP contribution in [0.4, 0.5) is 4.79 Å². The van der Waals surface area contributed by atoms with E-state index in [0.29, 0.717) is 23.7 Å². The standard InChI is InChI=1S/C33H41N3O6/c1-22-15-23(2)27(24(3)16-22)20-41-29-14-13-26(17-30(29)39-7)18-34-36-31(37)28(35-32(38)42-33(4,5)6)21-40-19-25-11-9-8-10-12-25/h8-18,28H,19-21H2,1-7H3,(H,35,38)(H,36,37)/b34-18-/t28-/m0/s1. The van der Waals surface area contributed by atoms with E-state index in [2.05, 4.69) is 48.7 Å². The minimum Gasteiger partial charge on any atom is -0.493 e. The summed E-state index contributed by atoms with van der Waals surface area (Å²) in [7, 11) is 1.57. The molecule has 0 unspecified atom stereocenters. The van der Waals surface area contributed by atoms with Crippen molar-refractivity contribution in [2.75, 3.05) is 13.7 Å². The molecule has 0 saturated heterocycles. The molecule has 0 fully saturated rings. The zero-order chi connectivity index (χ0) is 30.7. The molecule has 0 spiro atoms. The molecule has 0 bridgehead atoms. The molecule has 9 nitrogen and oxygen atoms in total. The van der Waals surface area contributed by atoms with E-state index in [1.807, 2.05) is 36.4 Å². The van der Waals surface area contributed by atoms with Gasteiger partial charge in [0.1, 0.15) is 18.2 Å². The van der Waals surface area contributed by atoms with Gasteiger partial charge >= 0.3 is 6.09 Å². The number of ether oxygens (including phenoxy) is 4. The van der Waals surface area contributed by atoms with Crippen molar-refractivity contribution in [1.29, 1.82) is 0 Å². The molecule has 3 rings (SSSR count). The second-order valence-corrected chi connectivity index (χ2v) is 11.0. The number of methoxy groups -OCH3 is 1. The average Bonchev–Trinajstić information content (AvgIpc) is 2.92. The third-order valence-electron chi connectivity index (χ3n) is 6.19. The Morgan fingerprint density at radius 1 is 0.929 bits per heavy atom. The highest BCUT2D eigenvalue weighted by Gasteiger charge is 2.24. The number of hydrazone groups is 1. The number of alkyl carbamates (subject to hydrolysis) is 1. The number of aryl methyl sites for hydroxylation is 3. The summed E-state index contributed by atoms with van der Waals surface area (Å²) in [6, 6.07) is 18.1. The van der Waals surface area contributed by atoms with Crippen molar-refractivity contribution in [3.8, 4) is 11.5 Å². The SMILES string of the molecule is COc1cc(/C=N\NC(=O)[C@H](COCc2ccccc2)NC(=O)OC(C)(C)C)ccc1OCc1c(C)cc(C)cc1C. The molecule has 0 radical (unpaired) electrons. The summed E-state index contributed by atoms with van der Waals surface area (Å²) in [4.78, 5) is 25.3. The maximum Gasteiger partial charge on any atom is 0.408 e. The van der Waals surface area contributed by atoms with Crippen LogP contribution in [0.1, 0.15) is 54.2 Å². The summed E-state index contributed by atoms with van der Waals surface area (Å²) < 4.78 is 22.6. The molecule has 42 heavy (non-hydrogen) atoms. The van der Waals surface area contributed by atoms with E-state index in [9.17, 15) is 9.59 Å². The van der Waals surface area contributed by atoms with Crippen LogP contribution in [0, 0.1) is 20.8 Å². The predicted octanol–water partition coefficient (Wildman–Crippen LogP) is 5.76. The minimum absolute atomic E-state index is 0.0741. The summed E-state index contributed by atoms with van der Waals surface area (Å²) in [6.07, 6.45) is 0.750. The first-order chi connectivity index (χ1) is 19.9. The third kappa shape index (κ3) is 10.2. The fourth-order valence-electron chi connectivity index (χ4n) is 4.22. The van der Waals surface area contributed by atoms with E-state index in [1.54, 1.807) is 40.0 Å². The van der Waals surface area contributed by atoms with Crippen molar-refractivity contribution < 1.29 is 28.5 Å². The molecule has 9 heteroatoms. The lowest BCUT2D eigenvalue weighted by atomic mass is 10.0. The van der Waals surface area contributed by atoms with Gasteiger partial charge in [-0.3, -0.25) is 4.79 Å². The summed E-state index contributed by atoms with van der Waals surface area (Å²) >= 11 is 0. The quantitative estimate of drug-likeness (QED) is 0.210. The van der Waals surface area contributed by atoms with Crippen LogP contribution in [0.25, 0.3) is 0 Å². The number of benzene rings is 3. The van der Waals surface area contributed by atoms with Gasteiger partial charge in [0.25, 0.3) is 5.91 Å². The molecule has 3 aromatic rings. The normalized spacial score (nSPS) is 12.1. The molecule has 224 valence electrons. The summed E-state index contributed by atoms with van der Waals surface area (Å²) in [6.45, 7) is 12.1. The molecule has 2 N–H and O–H groups in total. The van der Waals surface area contributed by atoms with Crippen LogP contribution in [-0.2, 0) is 27.5 Å². The van der Waals surface area contributed by atoms with Gasteiger partial charge in [0.05, 0.1) is 26.5 Å². The van der Waals surface area contributed by atoms with Crippen molar-refractivity contribution in [1.82, 2.24) is 10.7 Å². The molecule has 0 aliphatic rings. The van der Waals surface area contributed by atoms with Crippen molar-refractivity contribution in [3.63, 3.8) is 0 Å². The van der Waals surface area contributed by atoms with E-state index in [-0.39, 0.29) is 13.2 Å². The fourth-order valence-corrected chi connectivity index (χ4v) is 4.22. The Bertz CT molecular complexity index is 1360. The highest BCUT2D eigenvalue weighted by atomic mass is 16.6. The summed E-state index contributed by atoms with van der Waals surface area (Å²) in [5, 5.41) is 6.64. The fraction of sp³-hybridized carbons (Fsp3) is 0.364. The smallest absolute Gasteiger partial charge is 0.408 e. The second-order valence-electron chi connectivity index (χ2n) is 11.0. The van der Waals surface area contributed by atoms with Gasteiger partial charge in [-0.05, 0) is 87.6 Å². The van der Waals surface area contributed by atoms with Crippen LogP contribution in [0.2, 0.25) is 0 Å². The van der Waals surface area contributed by atoms with Crippen LogP contribution < -0.4 is 20.2 Å². The molecule has 1 atom stereocenters. The van der Waals surface area contributed by atoms with Gasteiger partial charge in [0.2, 0.25) is 0 Å². The van der Waals surface area contributed by atoms with E-state index in [1.165, 1.54) is 22.9 Å². The molecule has 0 heterocycles. The Morgan fingerprint density at radius 2 is 1.62 bits per heavy atom. The van der Waals surface area contributed by atoms with E-state index in [0.717, 1.165) is 11.1 Å². The van der Waals surface area contributed by atoms with Crippen LogP contribution in [0.3, 0.4) is 0 Å². The van der Waals surface area contributed by atoms with E-state index in [4.69, 9.17) is 18.9 Å². The minimum atomic E-state index is -1.03. The van der Waals surface area contributed by atoms with Crippen molar-refractivity contribution in [3.05, 3.63) is 94.0 Å². The van der Waals surface area contributed by atoms with Crippen LogP contribution >= 0.6 is 0 Å². The number of hydrogen-bond donors (Lipinski definition) is 2. The van der Waals surface area contributed by atoms with E-state index < -0.39 is 23.6 Å². The lowest BCUT2D eigenvalue weighted by molar-refractivity contribution is -0.124. The van der Waals surface area contributed by atoms with Gasteiger partial charge in [-0.2, -0.15) is 5.10 Å². The van der Waals surface area contributed by atoms with Crippen LogP contribution in [0.15, 0.2) is 65.8 Å². The highest BCUT2D eigenvalue weighted by molar-refractivity contribution is 5.87. The Balaban J connectivity index is 1.63. The first-order valence-electron chi connectivity index (χ1n) is 13.8. The van der Waals surface area contributed by atoms with Gasteiger partial charge in [-0.15, -0.1) is 0 Å². The van der Waals surface area contributed by atoms with Crippen LogP contribution in [0.5, 0.6) is 11.5 Å². The summed E-state index contributed by atoms with van der Waals surface area (Å²) in [5.41, 5.74) is 8.08. The molecule has 0 aromatic heterocycles. The number of amides is 2. The first kappa shape index (κ1) is 32.1.